The highest BCUT2D eigenvalue weighted by atomic mass is 19.1. The van der Waals surface area contributed by atoms with Crippen molar-refractivity contribution in [1.29, 1.82) is 5.26 Å². The summed E-state index contributed by atoms with van der Waals surface area (Å²) in [4.78, 5) is 22.6. The molecule has 0 bridgehead atoms. The molecule has 4 N–H and O–H groups in total. The Morgan fingerprint density at radius 2 is 2.16 bits per heavy atom. The average molecular weight is 427 g/mol. The fraction of sp³-hybridized carbons (Fsp3) is 0.429. The monoisotopic (exact) mass is 427 g/mol. The second-order valence-corrected chi connectivity index (χ2v) is 7.72. The number of hydrogen-bond acceptors (Lipinski definition) is 8. The Hall–Kier alpha value is -3.29. The Bertz CT molecular complexity index is 948. The molecule has 2 aromatic rings. The van der Waals surface area contributed by atoms with Crippen LogP contribution in [0.5, 0.6) is 0 Å². The number of β-amino-alcohol motifs (C(OH)–C–C–N with tert-alkyl or cyclic N) is 1. The number of hydrogen-bond donors (Lipinski definition) is 3. The maximum absolute atomic E-state index is 15.0. The van der Waals surface area contributed by atoms with Crippen molar-refractivity contribution in [3.8, 4) is 6.07 Å². The van der Waals surface area contributed by atoms with Crippen LogP contribution in [0.4, 0.5) is 16.0 Å². The lowest BCUT2D eigenvalue weighted by molar-refractivity contribution is -0.120. The average Bonchev–Trinajstić information content (AvgIpc) is 2.74. The third kappa shape index (κ3) is 5.87. The smallest absolute Gasteiger partial charge is 0.231 e. The third-order valence-electron chi connectivity index (χ3n) is 5.35. The SMILES string of the molecule is CN(Cc1ccc(C#N)cc1)c1ncnc(NC[C@@H]2CCN(CC(N)=O)C[C@H]2O)c1F. The van der Waals surface area contributed by atoms with Gasteiger partial charge in [0.15, 0.2) is 11.6 Å². The van der Waals surface area contributed by atoms with Gasteiger partial charge >= 0.3 is 0 Å². The highest BCUT2D eigenvalue weighted by molar-refractivity contribution is 5.75. The predicted octanol–water partition coefficient (Wildman–Crippen LogP) is 0.704. The number of primary amides is 1. The molecule has 10 heteroatoms. The molecule has 0 aliphatic carbocycles. The Kier molecular flexibility index (Phi) is 7.33. The molecule has 1 aliphatic heterocycles. The van der Waals surface area contributed by atoms with E-state index in [0.717, 1.165) is 5.56 Å². The van der Waals surface area contributed by atoms with E-state index in [2.05, 4.69) is 21.4 Å². The van der Waals surface area contributed by atoms with Gasteiger partial charge in [0.25, 0.3) is 0 Å². The van der Waals surface area contributed by atoms with Gasteiger partial charge in [-0.2, -0.15) is 9.65 Å². The van der Waals surface area contributed by atoms with Crippen LogP contribution in [0.1, 0.15) is 17.5 Å². The van der Waals surface area contributed by atoms with Gasteiger partial charge in [-0.15, -0.1) is 0 Å². The molecule has 1 aromatic carbocycles. The minimum Gasteiger partial charge on any atom is -0.391 e. The first kappa shape index (κ1) is 22.4. The van der Waals surface area contributed by atoms with Gasteiger partial charge in [0.2, 0.25) is 11.7 Å². The van der Waals surface area contributed by atoms with Gasteiger partial charge in [-0.1, -0.05) is 12.1 Å². The van der Waals surface area contributed by atoms with Crippen LogP contribution in [-0.4, -0.2) is 65.2 Å². The van der Waals surface area contributed by atoms with Gasteiger partial charge in [0.05, 0.1) is 24.3 Å². The standard InChI is InChI=1S/C21H26FN7O2/c1-28(10-15-4-2-14(8-23)3-5-15)21-19(22)20(26-13-27-21)25-9-16-6-7-29(11-17(16)30)12-18(24)31/h2-5,13,16-17,30H,6-7,9-12H2,1H3,(H2,24,31)(H,25,26,27)/t16-,17+/m0/s1. The Balaban J connectivity index is 1.60. The van der Waals surface area contributed by atoms with Crippen LogP contribution in [0.25, 0.3) is 0 Å². The van der Waals surface area contributed by atoms with E-state index in [1.165, 1.54) is 6.33 Å². The molecule has 0 unspecified atom stereocenters. The fourth-order valence-corrected chi connectivity index (χ4v) is 3.66. The zero-order chi connectivity index (χ0) is 22.4. The summed E-state index contributed by atoms with van der Waals surface area (Å²) >= 11 is 0. The highest BCUT2D eigenvalue weighted by Gasteiger charge is 2.28. The van der Waals surface area contributed by atoms with Crippen LogP contribution in [0, 0.1) is 23.1 Å². The Morgan fingerprint density at radius 3 is 2.81 bits per heavy atom. The van der Waals surface area contributed by atoms with Crippen molar-refractivity contribution in [3.63, 3.8) is 0 Å². The maximum atomic E-state index is 15.0. The maximum Gasteiger partial charge on any atom is 0.231 e. The Labute approximate surface area is 180 Å². The number of nitriles is 1. The molecular weight excluding hydrogens is 401 g/mol. The lowest BCUT2D eigenvalue weighted by Gasteiger charge is -2.35. The molecule has 1 amide bonds. The number of amides is 1. The molecule has 9 nitrogen and oxygen atoms in total. The number of aliphatic hydroxyl groups is 1. The summed E-state index contributed by atoms with van der Waals surface area (Å²) in [5.74, 6) is -0.871. The van der Waals surface area contributed by atoms with Crippen LogP contribution >= 0.6 is 0 Å². The quantitative estimate of drug-likeness (QED) is 0.561. The van der Waals surface area contributed by atoms with E-state index < -0.39 is 17.8 Å². The molecule has 0 saturated carbocycles. The lowest BCUT2D eigenvalue weighted by Crippen LogP contribution is -2.48. The number of benzene rings is 1. The molecule has 1 aromatic heterocycles. The molecule has 164 valence electrons. The topological polar surface area (TPSA) is 131 Å². The van der Waals surface area contributed by atoms with Crippen molar-refractivity contribution in [1.82, 2.24) is 14.9 Å². The molecule has 2 heterocycles. The number of piperidine rings is 1. The number of carbonyl (C=O) groups is 1. The van der Waals surface area contributed by atoms with E-state index in [1.807, 2.05) is 17.0 Å². The van der Waals surface area contributed by atoms with Gasteiger partial charge in [-0.05, 0) is 30.7 Å². The minimum absolute atomic E-state index is 0.0726. The molecule has 31 heavy (non-hydrogen) atoms. The van der Waals surface area contributed by atoms with Gasteiger partial charge < -0.3 is 21.1 Å². The molecule has 0 radical (unpaired) electrons. The fourth-order valence-electron chi connectivity index (χ4n) is 3.66. The lowest BCUT2D eigenvalue weighted by atomic mass is 9.94. The van der Waals surface area contributed by atoms with Gasteiger partial charge in [0, 0.05) is 32.6 Å². The summed E-state index contributed by atoms with van der Waals surface area (Å²) in [6.07, 6.45) is 1.30. The Morgan fingerprint density at radius 1 is 1.42 bits per heavy atom. The summed E-state index contributed by atoms with van der Waals surface area (Å²) in [5.41, 5.74) is 6.69. The second-order valence-electron chi connectivity index (χ2n) is 7.72. The van der Waals surface area contributed by atoms with Crippen LogP contribution in [-0.2, 0) is 11.3 Å². The number of rotatable bonds is 8. The summed E-state index contributed by atoms with van der Waals surface area (Å²) in [5, 5.41) is 22.2. The van der Waals surface area contributed by atoms with E-state index in [4.69, 9.17) is 11.0 Å². The van der Waals surface area contributed by atoms with Gasteiger partial charge in [-0.3, -0.25) is 9.69 Å². The van der Waals surface area contributed by atoms with E-state index in [1.54, 1.807) is 24.1 Å². The first-order valence-corrected chi connectivity index (χ1v) is 10.0. The number of aromatic nitrogens is 2. The van der Waals surface area contributed by atoms with Crippen molar-refractivity contribution < 1.29 is 14.3 Å². The zero-order valence-corrected chi connectivity index (χ0v) is 17.3. The van der Waals surface area contributed by atoms with Crippen LogP contribution in [0.2, 0.25) is 0 Å². The predicted molar refractivity (Wildman–Crippen MR) is 113 cm³/mol. The van der Waals surface area contributed by atoms with E-state index in [9.17, 15) is 9.90 Å². The van der Waals surface area contributed by atoms with Crippen molar-refractivity contribution >= 4 is 17.5 Å². The normalized spacial score (nSPS) is 18.9. The summed E-state index contributed by atoms with van der Waals surface area (Å²) in [6.45, 7) is 1.86. The number of nitrogens with one attached hydrogen (secondary N) is 1. The number of aliphatic hydroxyl groups excluding tert-OH is 1. The molecule has 3 rings (SSSR count). The second kappa shape index (κ2) is 10.1. The van der Waals surface area contributed by atoms with Crippen molar-refractivity contribution in [2.24, 2.45) is 11.7 Å². The van der Waals surface area contributed by atoms with Crippen molar-refractivity contribution in [2.75, 3.05) is 43.4 Å². The first-order chi connectivity index (χ1) is 14.9. The van der Waals surface area contributed by atoms with E-state index >= 15 is 4.39 Å². The largest absolute Gasteiger partial charge is 0.391 e. The number of nitrogens with two attached hydrogens (primary N) is 1. The summed E-state index contributed by atoms with van der Waals surface area (Å²) in [7, 11) is 1.73. The molecule has 1 saturated heterocycles. The van der Waals surface area contributed by atoms with Crippen LogP contribution in [0.15, 0.2) is 30.6 Å². The molecule has 2 atom stereocenters. The minimum atomic E-state index is -0.649. The number of halogens is 1. The number of anilines is 2. The van der Waals surface area contributed by atoms with E-state index in [0.29, 0.717) is 38.2 Å². The number of nitrogens with zero attached hydrogens (tertiary/aromatic N) is 5. The van der Waals surface area contributed by atoms with Gasteiger partial charge in [-0.25, -0.2) is 9.97 Å². The summed E-state index contributed by atoms with van der Waals surface area (Å²) < 4.78 is 15.0. The van der Waals surface area contributed by atoms with Crippen LogP contribution < -0.4 is 16.0 Å². The number of likely N-dealkylation sites (tertiary alicyclic amines) is 1. The molecular formula is C21H26FN7O2. The molecule has 0 spiro atoms. The zero-order valence-electron chi connectivity index (χ0n) is 17.3. The van der Waals surface area contributed by atoms with Crippen molar-refractivity contribution in [2.45, 2.75) is 19.1 Å². The van der Waals surface area contributed by atoms with Crippen LogP contribution in [0.3, 0.4) is 0 Å². The molecule has 1 aliphatic rings. The number of carbonyl (C=O) groups excluding carboxylic acids is 1. The van der Waals surface area contributed by atoms with Crippen molar-refractivity contribution in [3.05, 3.63) is 47.5 Å². The highest BCUT2D eigenvalue weighted by Crippen LogP contribution is 2.24. The summed E-state index contributed by atoms with van der Waals surface area (Å²) in [6, 6.07) is 9.13. The van der Waals surface area contributed by atoms with E-state index in [-0.39, 0.29) is 24.1 Å². The molecule has 1 fully saturated rings. The van der Waals surface area contributed by atoms with Gasteiger partial charge in [0.1, 0.15) is 6.33 Å². The first-order valence-electron chi connectivity index (χ1n) is 10.0. The third-order valence-corrected chi connectivity index (χ3v) is 5.35.